The van der Waals surface area contributed by atoms with Crippen LogP contribution in [0.3, 0.4) is 0 Å². The monoisotopic (exact) mass is 197 g/mol. The number of nitrogens with one attached hydrogen (secondary N) is 1. The maximum Gasteiger partial charge on any atom is 0.327 e. The Morgan fingerprint density at radius 3 is 3.38 bits per heavy atom. The molecule has 2 rings (SSSR count). The van der Waals surface area contributed by atoms with Gasteiger partial charge in [0.05, 0.1) is 7.11 Å². The molecule has 70 valence electrons. The molecule has 0 amide bonds. The van der Waals surface area contributed by atoms with E-state index < -0.39 is 0 Å². The van der Waals surface area contributed by atoms with Crippen molar-refractivity contribution in [2.75, 3.05) is 13.7 Å². The summed E-state index contributed by atoms with van der Waals surface area (Å²) in [5.74, 6) is -0.195. The van der Waals surface area contributed by atoms with Gasteiger partial charge in [-0.3, -0.25) is 0 Å². The highest BCUT2D eigenvalue weighted by molar-refractivity contribution is 7.10. The highest BCUT2D eigenvalue weighted by atomic mass is 32.1. The SMILES string of the molecule is COC(=O)C1NCCc2sccc21. The van der Waals surface area contributed by atoms with Gasteiger partial charge in [-0.05, 0) is 23.4 Å². The van der Waals surface area contributed by atoms with E-state index in [-0.39, 0.29) is 12.0 Å². The van der Waals surface area contributed by atoms with Crippen molar-refractivity contribution < 1.29 is 9.53 Å². The third-order valence-corrected chi connectivity index (χ3v) is 3.22. The molecule has 0 fully saturated rings. The van der Waals surface area contributed by atoms with Crippen molar-refractivity contribution >= 4 is 17.3 Å². The average molecular weight is 197 g/mol. The Bertz CT molecular complexity index is 321. The van der Waals surface area contributed by atoms with Gasteiger partial charge in [-0.1, -0.05) is 0 Å². The highest BCUT2D eigenvalue weighted by Crippen LogP contribution is 2.27. The lowest BCUT2D eigenvalue weighted by atomic mass is 10.0. The van der Waals surface area contributed by atoms with Crippen LogP contribution in [-0.4, -0.2) is 19.6 Å². The van der Waals surface area contributed by atoms with Crippen molar-refractivity contribution in [2.45, 2.75) is 12.5 Å². The number of carbonyl (C=O) groups excluding carboxylic acids is 1. The number of thiophene rings is 1. The number of esters is 1. The summed E-state index contributed by atoms with van der Waals surface area (Å²) in [5.41, 5.74) is 1.09. The van der Waals surface area contributed by atoms with Crippen LogP contribution in [0.2, 0.25) is 0 Å². The second-order valence-corrected chi connectivity index (χ2v) is 3.96. The first kappa shape index (κ1) is 8.72. The molecule has 0 bridgehead atoms. The second-order valence-electron chi connectivity index (χ2n) is 2.96. The molecule has 1 aliphatic heterocycles. The summed E-state index contributed by atoms with van der Waals surface area (Å²) >= 11 is 1.71. The Kier molecular flexibility index (Phi) is 2.33. The van der Waals surface area contributed by atoms with Gasteiger partial charge < -0.3 is 10.1 Å². The van der Waals surface area contributed by atoms with Crippen molar-refractivity contribution in [3.8, 4) is 0 Å². The van der Waals surface area contributed by atoms with E-state index in [0.29, 0.717) is 0 Å². The summed E-state index contributed by atoms with van der Waals surface area (Å²) in [6, 6.07) is 1.74. The van der Waals surface area contributed by atoms with Crippen LogP contribution in [0.1, 0.15) is 16.5 Å². The van der Waals surface area contributed by atoms with Crippen molar-refractivity contribution in [3.05, 3.63) is 21.9 Å². The first-order valence-corrected chi connectivity index (χ1v) is 5.08. The smallest absolute Gasteiger partial charge is 0.327 e. The first-order valence-electron chi connectivity index (χ1n) is 4.20. The predicted molar refractivity (Wildman–Crippen MR) is 50.8 cm³/mol. The van der Waals surface area contributed by atoms with Gasteiger partial charge in [0.1, 0.15) is 6.04 Å². The molecule has 1 N–H and O–H groups in total. The molecule has 1 atom stereocenters. The molecule has 1 aromatic rings. The Morgan fingerprint density at radius 2 is 2.62 bits per heavy atom. The summed E-state index contributed by atoms with van der Waals surface area (Å²) in [5, 5.41) is 5.17. The van der Waals surface area contributed by atoms with E-state index in [9.17, 15) is 4.79 Å². The molecular weight excluding hydrogens is 186 g/mol. The van der Waals surface area contributed by atoms with E-state index >= 15 is 0 Å². The molecule has 0 saturated heterocycles. The zero-order valence-corrected chi connectivity index (χ0v) is 8.19. The molecule has 4 heteroatoms. The normalized spacial score (nSPS) is 20.8. The number of fused-ring (bicyclic) bond motifs is 1. The van der Waals surface area contributed by atoms with Crippen LogP contribution in [0.4, 0.5) is 0 Å². The summed E-state index contributed by atoms with van der Waals surface area (Å²) in [4.78, 5) is 12.6. The maximum atomic E-state index is 11.3. The first-order chi connectivity index (χ1) is 6.33. The topological polar surface area (TPSA) is 38.3 Å². The van der Waals surface area contributed by atoms with Gasteiger partial charge >= 0.3 is 5.97 Å². The predicted octanol–water partition coefficient (Wildman–Crippen LogP) is 1.11. The zero-order chi connectivity index (χ0) is 9.26. The van der Waals surface area contributed by atoms with Crippen LogP contribution in [0.5, 0.6) is 0 Å². The van der Waals surface area contributed by atoms with Crippen LogP contribution >= 0.6 is 11.3 Å². The summed E-state index contributed by atoms with van der Waals surface area (Å²) in [7, 11) is 1.42. The number of hydrogen-bond acceptors (Lipinski definition) is 4. The number of ether oxygens (including phenoxy) is 1. The van der Waals surface area contributed by atoms with Crippen molar-refractivity contribution in [1.29, 1.82) is 0 Å². The van der Waals surface area contributed by atoms with Crippen LogP contribution < -0.4 is 5.32 Å². The van der Waals surface area contributed by atoms with E-state index in [1.54, 1.807) is 11.3 Å². The van der Waals surface area contributed by atoms with Gasteiger partial charge in [-0.2, -0.15) is 0 Å². The van der Waals surface area contributed by atoms with E-state index in [1.165, 1.54) is 12.0 Å². The Morgan fingerprint density at radius 1 is 1.77 bits per heavy atom. The fourth-order valence-corrected chi connectivity index (χ4v) is 2.50. The summed E-state index contributed by atoms with van der Waals surface area (Å²) in [6.07, 6.45) is 1.01. The molecule has 1 aliphatic rings. The van der Waals surface area contributed by atoms with Crippen LogP contribution in [0.25, 0.3) is 0 Å². The minimum atomic E-state index is -0.250. The minimum absolute atomic E-state index is 0.195. The van der Waals surface area contributed by atoms with Gasteiger partial charge in [-0.15, -0.1) is 11.3 Å². The van der Waals surface area contributed by atoms with Gasteiger partial charge in [0.25, 0.3) is 0 Å². The van der Waals surface area contributed by atoms with Crippen LogP contribution in [0, 0.1) is 0 Å². The molecule has 1 aromatic heterocycles. The van der Waals surface area contributed by atoms with E-state index in [1.807, 2.05) is 11.4 Å². The molecule has 0 radical (unpaired) electrons. The Balaban J connectivity index is 2.30. The van der Waals surface area contributed by atoms with Gasteiger partial charge in [0.15, 0.2) is 0 Å². The maximum absolute atomic E-state index is 11.3. The molecule has 2 heterocycles. The van der Waals surface area contributed by atoms with E-state index in [4.69, 9.17) is 4.74 Å². The number of carbonyl (C=O) groups is 1. The lowest BCUT2D eigenvalue weighted by Gasteiger charge is -2.21. The lowest BCUT2D eigenvalue weighted by Crippen LogP contribution is -2.34. The molecule has 13 heavy (non-hydrogen) atoms. The standard InChI is InChI=1S/C9H11NO2S/c1-12-9(11)8-6-3-5-13-7(6)2-4-10-8/h3,5,8,10H,2,4H2,1H3. The highest BCUT2D eigenvalue weighted by Gasteiger charge is 2.27. The summed E-state index contributed by atoms with van der Waals surface area (Å²) in [6.45, 7) is 0.854. The average Bonchev–Trinajstić information content (AvgIpc) is 2.63. The van der Waals surface area contributed by atoms with Gasteiger partial charge in [0, 0.05) is 11.4 Å². The largest absolute Gasteiger partial charge is 0.468 e. The molecule has 0 saturated carbocycles. The molecule has 0 aliphatic carbocycles. The molecule has 1 unspecified atom stereocenters. The molecule has 0 spiro atoms. The quantitative estimate of drug-likeness (QED) is 0.685. The number of methoxy groups -OCH3 is 1. The molecule has 3 nitrogen and oxygen atoms in total. The van der Waals surface area contributed by atoms with Crippen molar-refractivity contribution in [1.82, 2.24) is 5.32 Å². The van der Waals surface area contributed by atoms with Crippen molar-refractivity contribution in [3.63, 3.8) is 0 Å². The number of hydrogen-bond donors (Lipinski definition) is 1. The summed E-state index contributed by atoms with van der Waals surface area (Å²) < 4.78 is 4.72. The van der Waals surface area contributed by atoms with Crippen molar-refractivity contribution in [2.24, 2.45) is 0 Å². The fraction of sp³-hybridized carbons (Fsp3) is 0.444. The minimum Gasteiger partial charge on any atom is -0.468 e. The van der Waals surface area contributed by atoms with E-state index in [0.717, 1.165) is 18.5 Å². The second kappa shape index (κ2) is 3.47. The Labute approximate surface area is 80.7 Å². The Hall–Kier alpha value is -0.870. The number of rotatable bonds is 1. The third-order valence-electron chi connectivity index (χ3n) is 2.23. The van der Waals surface area contributed by atoms with Crippen LogP contribution in [-0.2, 0) is 16.0 Å². The molecule has 0 aromatic carbocycles. The van der Waals surface area contributed by atoms with E-state index in [2.05, 4.69) is 5.32 Å². The molecular formula is C9H11NO2S. The van der Waals surface area contributed by atoms with Gasteiger partial charge in [-0.25, -0.2) is 4.79 Å². The van der Waals surface area contributed by atoms with Gasteiger partial charge in [0.2, 0.25) is 0 Å². The fourth-order valence-electron chi connectivity index (χ4n) is 1.58. The van der Waals surface area contributed by atoms with Crippen LogP contribution in [0.15, 0.2) is 11.4 Å². The zero-order valence-electron chi connectivity index (χ0n) is 7.37. The third kappa shape index (κ3) is 1.47. The lowest BCUT2D eigenvalue weighted by molar-refractivity contribution is -0.143.